The molecule has 5 nitrogen and oxygen atoms in total. The number of hydrogen-bond donors (Lipinski definition) is 0. The molecule has 32 heavy (non-hydrogen) atoms. The van der Waals surface area contributed by atoms with E-state index in [9.17, 15) is 9.59 Å². The molecule has 8 heteroatoms. The molecule has 0 unspecified atom stereocenters. The Morgan fingerprint density at radius 3 is 2.53 bits per heavy atom. The number of hydrogen-bond acceptors (Lipinski definition) is 6. The third-order valence-corrected chi connectivity index (χ3v) is 7.37. The van der Waals surface area contributed by atoms with Gasteiger partial charge in [0.05, 0.1) is 28.5 Å². The zero-order valence-electron chi connectivity index (χ0n) is 17.8. The quantitative estimate of drug-likeness (QED) is 0.366. The van der Waals surface area contributed by atoms with Crippen LogP contribution >= 0.6 is 39.0 Å². The van der Waals surface area contributed by atoms with Crippen molar-refractivity contribution in [1.82, 2.24) is 4.57 Å². The summed E-state index contributed by atoms with van der Waals surface area (Å²) >= 11 is 6.39. The van der Waals surface area contributed by atoms with Crippen LogP contribution in [0.25, 0.3) is 6.08 Å². The van der Waals surface area contributed by atoms with Crippen LogP contribution in [0.5, 0.6) is 0 Å². The van der Waals surface area contributed by atoms with Gasteiger partial charge in [-0.05, 0) is 61.6 Å². The van der Waals surface area contributed by atoms with Gasteiger partial charge in [0, 0.05) is 9.37 Å². The van der Waals surface area contributed by atoms with Gasteiger partial charge in [-0.15, -0.1) is 11.8 Å². The molecule has 0 amide bonds. The molecule has 3 aromatic rings. The zero-order chi connectivity index (χ0) is 22.8. The van der Waals surface area contributed by atoms with Crippen LogP contribution in [0.1, 0.15) is 31.0 Å². The predicted molar refractivity (Wildman–Crippen MR) is 133 cm³/mol. The third kappa shape index (κ3) is 4.40. The monoisotopic (exact) mass is 528 g/mol. The highest BCUT2D eigenvalue weighted by atomic mass is 79.9. The van der Waals surface area contributed by atoms with E-state index in [-0.39, 0.29) is 12.2 Å². The van der Waals surface area contributed by atoms with E-state index < -0.39 is 12.0 Å². The Morgan fingerprint density at radius 1 is 1.22 bits per heavy atom. The van der Waals surface area contributed by atoms with Crippen LogP contribution < -0.4 is 14.9 Å². The number of thiazole rings is 1. The molecule has 2 heterocycles. The van der Waals surface area contributed by atoms with E-state index in [0.717, 1.165) is 20.5 Å². The number of halogens is 1. The number of aromatic nitrogens is 1. The Kier molecular flexibility index (Phi) is 6.83. The van der Waals surface area contributed by atoms with Crippen molar-refractivity contribution in [2.75, 3.05) is 12.9 Å². The summed E-state index contributed by atoms with van der Waals surface area (Å²) in [7, 11) is 0. The first kappa shape index (κ1) is 22.8. The number of carbonyl (C=O) groups excluding carboxylic acids is 1. The molecule has 1 atom stereocenters. The zero-order valence-corrected chi connectivity index (χ0v) is 21.0. The van der Waals surface area contributed by atoms with Crippen molar-refractivity contribution < 1.29 is 9.53 Å². The van der Waals surface area contributed by atoms with Crippen LogP contribution in [-0.4, -0.2) is 23.4 Å². The van der Waals surface area contributed by atoms with Gasteiger partial charge in [-0.25, -0.2) is 9.79 Å². The van der Waals surface area contributed by atoms with Gasteiger partial charge in [0.25, 0.3) is 5.56 Å². The van der Waals surface area contributed by atoms with Crippen LogP contribution in [0.4, 0.5) is 0 Å². The van der Waals surface area contributed by atoms with Crippen molar-refractivity contribution in [3.05, 3.63) is 95.1 Å². The number of carbonyl (C=O) groups is 1. The minimum atomic E-state index is -0.590. The van der Waals surface area contributed by atoms with Crippen LogP contribution in [0.3, 0.4) is 0 Å². The first-order chi connectivity index (χ1) is 15.4. The minimum Gasteiger partial charge on any atom is -0.463 e. The van der Waals surface area contributed by atoms with Crippen molar-refractivity contribution in [1.29, 1.82) is 0 Å². The fourth-order valence-corrected chi connectivity index (χ4v) is 5.32. The summed E-state index contributed by atoms with van der Waals surface area (Å²) in [6.07, 6.45) is 3.86. The molecule has 0 fully saturated rings. The lowest BCUT2D eigenvalue weighted by Crippen LogP contribution is -2.39. The van der Waals surface area contributed by atoms with Gasteiger partial charge < -0.3 is 4.74 Å². The highest BCUT2D eigenvalue weighted by Gasteiger charge is 2.33. The van der Waals surface area contributed by atoms with Gasteiger partial charge in [-0.2, -0.15) is 0 Å². The van der Waals surface area contributed by atoms with Gasteiger partial charge in [0.1, 0.15) is 0 Å². The van der Waals surface area contributed by atoms with Crippen molar-refractivity contribution >= 4 is 51.1 Å². The van der Waals surface area contributed by atoms with E-state index in [1.165, 1.54) is 11.3 Å². The maximum atomic E-state index is 13.5. The molecule has 0 saturated carbocycles. The van der Waals surface area contributed by atoms with Gasteiger partial charge in [0.15, 0.2) is 4.80 Å². The second-order valence-corrected chi connectivity index (χ2v) is 9.93. The van der Waals surface area contributed by atoms with Crippen molar-refractivity contribution in [3.63, 3.8) is 0 Å². The van der Waals surface area contributed by atoms with Gasteiger partial charge in [0.2, 0.25) is 0 Å². The SMILES string of the molecule is CCOC(=O)C1=C(C)N=c2s/c(=C\c3ccc(Br)cc3)c(=O)n2[C@H]1c1ccc(SC)cc1. The molecule has 0 bridgehead atoms. The molecule has 0 N–H and O–H groups in total. The fourth-order valence-electron chi connectivity index (χ4n) is 3.60. The first-order valence-corrected chi connectivity index (χ1v) is 12.9. The Bertz CT molecular complexity index is 1370. The largest absolute Gasteiger partial charge is 0.463 e. The van der Waals surface area contributed by atoms with E-state index in [4.69, 9.17) is 4.74 Å². The van der Waals surface area contributed by atoms with Gasteiger partial charge in [-0.3, -0.25) is 9.36 Å². The summed E-state index contributed by atoms with van der Waals surface area (Å²) < 4.78 is 8.48. The predicted octanol–water partition coefficient (Wildman–Crippen LogP) is 4.28. The molecule has 1 aromatic heterocycles. The number of thioether (sulfide) groups is 1. The molecule has 1 aliphatic heterocycles. The van der Waals surface area contributed by atoms with Crippen molar-refractivity contribution in [3.8, 4) is 0 Å². The summed E-state index contributed by atoms with van der Waals surface area (Å²) in [6.45, 7) is 3.81. The Hall–Kier alpha value is -2.42. The molecule has 4 rings (SSSR count). The molecule has 0 aliphatic carbocycles. The Labute approximate surface area is 202 Å². The number of ether oxygens (including phenoxy) is 1. The van der Waals surface area contributed by atoms with Gasteiger partial charge >= 0.3 is 5.97 Å². The van der Waals surface area contributed by atoms with E-state index in [1.54, 1.807) is 30.2 Å². The Balaban J connectivity index is 1.93. The van der Waals surface area contributed by atoms with E-state index in [0.29, 0.717) is 20.6 Å². The minimum absolute atomic E-state index is 0.176. The average molecular weight is 529 g/mol. The van der Waals surface area contributed by atoms with Gasteiger partial charge in [-0.1, -0.05) is 51.5 Å². The van der Waals surface area contributed by atoms with E-state index in [1.807, 2.05) is 60.9 Å². The lowest BCUT2D eigenvalue weighted by Gasteiger charge is -2.24. The molecular weight excluding hydrogens is 508 g/mol. The lowest BCUT2D eigenvalue weighted by molar-refractivity contribution is -0.139. The summed E-state index contributed by atoms with van der Waals surface area (Å²) in [5, 5.41) is 0. The summed E-state index contributed by atoms with van der Waals surface area (Å²) in [6, 6.07) is 15.1. The smallest absolute Gasteiger partial charge is 0.338 e. The molecule has 164 valence electrons. The number of rotatable bonds is 5. The number of fused-ring (bicyclic) bond motifs is 1. The van der Waals surface area contributed by atoms with Crippen LogP contribution in [0.2, 0.25) is 0 Å². The molecule has 0 saturated heterocycles. The maximum Gasteiger partial charge on any atom is 0.338 e. The van der Waals surface area contributed by atoms with Crippen molar-refractivity contribution in [2.45, 2.75) is 24.8 Å². The van der Waals surface area contributed by atoms with Crippen molar-refractivity contribution in [2.24, 2.45) is 4.99 Å². The standard InChI is InChI=1S/C24H21BrN2O3S2/c1-4-30-23(29)20-14(2)26-24-27(21(20)16-7-11-18(31-3)12-8-16)22(28)19(32-24)13-15-5-9-17(25)10-6-15/h5-13,21H,4H2,1-3H3/b19-13-/t21-/m0/s1. The first-order valence-electron chi connectivity index (χ1n) is 10.0. The highest BCUT2D eigenvalue weighted by Crippen LogP contribution is 2.31. The average Bonchev–Trinajstić information content (AvgIpc) is 3.09. The summed E-state index contributed by atoms with van der Waals surface area (Å²) in [4.78, 5) is 32.7. The number of benzene rings is 2. The highest BCUT2D eigenvalue weighted by molar-refractivity contribution is 9.10. The number of allylic oxidation sites excluding steroid dienone is 1. The molecule has 0 spiro atoms. The Morgan fingerprint density at radius 2 is 1.91 bits per heavy atom. The summed E-state index contributed by atoms with van der Waals surface area (Å²) in [5.41, 5.74) is 2.55. The lowest BCUT2D eigenvalue weighted by atomic mass is 9.96. The summed E-state index contributed by atoms with van der Waals surface area (Å²) in [5.74, 6) is -0.449. The van der Waals surface area contributed by atoms with Crippen LogP contribution in [0.15, 0.2) is 79.0 Å². The topological polar surface area (TPSA) is 60.7 Å². The molecule has 0 radical (unpaired) electrons. The second kappa shape index (κ2) is 9.60. The number of nitrogens with zero attached hydrogens (tertiary/aromatic N) is 2. The van der Waals surface area contributed by atoms with Crippen LogP contribution in [-0.2, 0) is 9.53 Å². The normalized spacial score (nSPS) is 16.0. The molecule has 1 aliphatic rings. The maximum absolute atomic E-state index is 13.5. The second-order valence-electron chi connectivity index (χ2n) is 7.13. The van der Waals surface area contributed by atoms with E-state index >= 15 is 0 Å². The molecular formula is C24H21BrN2O3S2. The van der Waals surface area contributed by atoms with E-state index in [2.05, 4.69) is 20.9 Å². The molecule has 2 aromatic carbocycles. The van der Waals surface area contributed by atoms with Crippen LogP contribution in [0, 0.1) is 0 Å². The third-order valence-electron chi connectivity index (χ3n) is 5.12. The number of esters is 1. The fraction of sp³-hybridized carbons (Fsp3) is 0.208.